The molecule has 1 aromatic carbocycles. The average molecular weight is 375 g/mol. The molecule has 0 bridgehead atoms. The minimum Gasteiger partial charge on any atom is -0.451 e. The third kappa shape index (κ3) is 5.78. The zero-order valence-corrected chi connectivity index (χ0v) is 15.1. The van der Waals surface area contributed by atoms with E-state index in [2.05, 4.69) is 16.7 Å². The number of carbonyl (C=O) groups excluding carboxylic acids is 3. The summed E-state index contributed by atoms with van der Waals surface area (Å²) in [6.07, 6.45) is 2.77. The van der Waals surface area contributed by atoms with Crippen LogP contribution in [0.25, 0.3) is 0 Å². The monoisotopic (exact) mass is 375 g/mol. The van der Waals surface area contributed by atoms with Crippen LogP contribution in [0.2, 0.25) is 0 Å². The van der Waals surface area contributed by atoms with Crippen LogP contribution in [0.3, 0.4) is 0 Å². The number of ether oxygens (including phenoxy) is 1. The number of esters is 1. The van der Waals surface area contributed by atoms with Crippen LogP contribution in [0.5, 0.6) is 0 Å². The van der Waals surface area contributed by atoms with Crippen molar-refractivity contribution in [3.8, 4) is 6.07 Å². The molecular formula is C19H22FN3O4. The highest BCUT2D eigenvalue weighted by molar-refractivity contribution is 5.96. The number of nitrogens with zero attached hydrogens (tertiary/aromatic N) is 1. The van der Waals surface area contributed by atoms with Crippen molar-refractivity contribution < 1.29 is 23.5 Å². The Hall–Kier alpha value is -2.95. The molecule has 2 rings (SSSR count). The van der Waals surface area contributed by atoms with E-state index in [0.717, 1.165) is 25.3 Å². The molecule has 1 aliphatic carbocycles. The van der Waals surface area contributed by atoms with Gasteiger partial charge in [0.05, 0.1) is 6.07 Å². The summed E-state index contributed by atoms with van der Waals surface area (Å²) in [5, 5.41) is 14.4. The van der Waals surface area contributed by atoms with Crippen molar-refractivity contribution in [2.75, 3.05) is 6.54 Å². The molecule has 7 nitrogen and oxygen atoms in total. The first-order chi connectivity index (χ1) is 12.8. The quantitative estimate of drug-likeness (QED) is 0.738. The Morgan fingerprint density at radius 1 is 1.30 bits per heavy atom. The predicted octanol–water partition coefficient (Wildman–Crippen LogP) is 1.83. The third-order valence-corrected chi connectivity index (χ3v) is 4.44. The summed E-state index contributed by atoms with van der Waals surface area (Å²) in [6.45, 7) is 0.936. The van der Waals surface area contributed by atoms with Gasteiger partial charge in [-0.2, -0.15) is 5.26 Å². The van der Waals surface area contributed by atoms with Crippen LogP contribution in [0.1, 0.15) is 49.4 Å². The van der Waals surface area contributed by atoms with Gasteiger partial charge in [-0.1, -0.05) is 25.3 Å². The molecule has 0 unspecified atom stereocenters. The molecule has 0 heterocycles. The molecule has 144 valence electrons. The van der Waals surface area contributed by atoms with Gasteiger partial charge in [-0.3, -0.25) is 14.4 Å². The van der Waals surface area contributed by atoms with E-state index >= 15 is 0 Å². The van der Waals surface area contributed by atoms with Crippen LogP contribution in [0, 0.1) is 17.1 Å². The van der Waals surface area contributed by atoms with Crippen LogP contribution in [-0.4, -0.2) is 36.0 Å². The lowest BCUT2D eigenvalue weighted by atomic mass is 9.83. The number of amides is 2. The maximum absolute atomic E-state index is 13.1. The summed E-state index contributed by atoms with van der Waals surface area (Å²) in [4.78, 5) is 35.9. The first-order valence-corrected chi connectivity index (χ1v) is 8.82. The highest BCUT2D eigenvalue weighted by Gasteiger charge is 2.35. The zero-order valence-electron chi connectivity index (χ0n) is 15.1. The number of hydrogen-bond donors (Lipinski definition) is 2. The molecule has 0 radical (unpaired) electrons. The van der Waals surface area contributed by atoms with Crippen LogP contribution >= 0.6 is 0 Å². The predicted molar refractivity (Wildman–Crippen MR) is 93.9 cm³/mol. The maximum Gasteiger partial charge on any atom is 0.326 e. The Labute approximate surface area is 156 Å². The molecule has 2 N–H and O–H groups in total. The highest BCUT2D eigenvalue weighted by atomic mass is 19.1. The molecule has 0 aliphatic heterocycles. The second kappa shape index (κ2) is 9.12. The molecule has 0 spiro atoms. The fourth-order valence-electron chi connectivity index (χ4n) is 2.93. The van der Waals surface area contributed by atoms with Crippen molar-refractivity contribution in [3.63, 3.8) is 0 Å². The lowest BCUT2D eigenvalue weighted by Crippen LogP contribution is -2.52. The summed E-state index contributed by atoms with van der Waals surface area (Å²) in [5.74, 6) is -2.56. The molecule has 1 aromatic rings. The van der Waals surface area contributed by atoms with Crippen molar-refractivity contribution in [3.05, 3.63) is 35.6 Å². The SMILES string of the molecule is C[C@H](OC(=O)CNC(=O)c1cccc(F)c1)C(=O)NC1(C#N)CCCCC1. The Bertz CT molecular complexity index is 754. The summed E-state index contributed by atoms with van der Waals surface area (Å²) in [6, 6.07) is 7.19. The lowest BCUT2D eigenvalue weighted by Gasteiger charge is -2.32. The molecule has 1 atom stereocenters. The van der Waals surface area contributed by atoms with Gasteiger partial charge in [0.25, 0.3) is 11.8 Å². The number of halogens is 1. The van der Waals surface area contributed by atoms with E-state index in [4.69, 9.17) is 4.74 Å². The van der Waals surface area contributed by atoms with Gasteiger partial charge >= 0.3 is 5.97 Å². The largest absolute Gasteiger partial charge is 0.451 e. The fraction of sp³-hybridized carbons (Fsp3) is 0.474. The van der Waals surface area contributed by atoms with Crippen molar-refractivity contribution in [2.24, 2.45) is 0 Å². The molecule has 8 heteroatoms. The van der Waals surface area contributed by atoms with E-state index in [1.165, 1.54) is 25.1 Å². The van der Waals surface area contributed by atoms with Crippen molar-refractivity contribution in [1.29, 1.82) is 5.26 Å². The summed E-state index contributed by atoms with van der Waals surface area (Å²) in [7, 11) is 0. The zero-order chi connectivity index (χ0) is 19.9. The van der Waals surface area contributed by atoms with Gasteiger partial charge in [0.15, 0.2) is 6.10 Å². The maximum atomic E-state index is 13.1. The minimum absolute atomic E-state index is 0.0712. The number of nitrogens with one attached hydrogen (secondary N) is 2. The molecule has 1 fully saturated rings. The van der Waals surface area contributed by atoms with Crippen LogP contribution in [0.4, 0.5) is 4.39 Å². The third-order valence-electron chi connectivity index (χ3n) is 4.44. The van der Waals surface area contributed by atoms with Crippen LogP contribution < -0.4 is 10.6 Å². The molecule has 0 aromatic heterocycles. The van der Waals surface area contributed by atoms with E-state index in [9.17, 15) is 24.0 Å². The van der Waals surface area contributed by atoms with E-state index in [1.54, 1.807) is 0 Å². The fourth-order valence-corrected chi connectivity index (χ4v) is 2.93. The van der Waals surface area contributed by atoms with Crippen LogP contribution in [-0.2, 0) is 14.3 Å². The molecule has 2 amide bonds. The van der Waals surface area contributed by atoms with Crippen molar-refractivity contribution >= 4 is 17.8 Å². The summed E-state index contributed by atoms with van der Waals surface area (Å²) < 4.78 is 18.1. The van der Waals surface area contributed by atoms with Crippen molar-refractivity contribution in [1.82, 2.24) is 10.6 Å². The van der Waals surface area contributed by atoms with E-state index in [-0.39, 0.29) is 5.56 Å². The topological polar surface area (TPSA) is 108 Å². The summed E-state index contributed by atoms with van der Waals surface area (Å²) in [5.41, 5.74) is -0.844. The van der Waals surface area contributed by atoms with E-state index in [1.807, 2.05) is 0 Å². The second-order valence-electron chi connectivity index (χ2n) is 6.57. The standard InChI is InChI=1S/C19H22FN3O4/c1-13(17(25)23-19(12-21)8-3-2-4-9-19)27-16(24)11-22-18(26)14-6-5-7-15(20)10-14/h5-7,10,13H,2-4,8-9,11H2,1H3,(H,22,26)(H,23,25)/t13-/m0/s1. The van der Waals surface area contributed by atoms with Gasteiger partial charge in [-0.25, -0.2) is 4.39 Å². The summed E-state index contributed by atoms with van der Waals surface area (Å²) >= 11 is 0. The average Bonchev–Trinajstić information content (AvgIpc) is 2.66. The van der Waals surface area contributed by atoms with Gasteiger partial charge < -0.3 is 15.4 Å². The van der Waals surface area contributed by atoms with E-state index in [0.29, 0.717) is 12.8 Å². The second-order valence-corrected chi connectivity index (χ2v) is 6.57. The number of hydrogen-bond acceptors (Lipinski definition) is 5. The van der Waals surface area contributed by atoms with Gasteiger partial charge in [-0.15, -0.1) is 0 Å². The molecule has 1 aliphatic rings. The molecule has 27 heavy (non-hydrogen) atoms. The highest BCUT2D eigenvalue weighted by Crippen LogP contribution is 2.27. The van der Waals surface area contributed by atoms with Gasteiger partial charge in [0.1, 0.15) is 17.9 Å². The number of benzene rings is 1. The molecular weight excluding hydrogens is 353 g/mol. The number of nitriles is 1. The Morgan fingerprint density at radius 3 is 2.63 bits per heavy atom. The van der Waals surface area contributed by atoms with Crippen LogP contribution in [0.15, 0.2) is 24.3 Å². The number of carbonyl (C=O) groups is 3. The van der Waals surface area contributed by atoms with Gasteiger partial charge in [0.2, 0.25) is 0 Å². The number of rotatable bonds is 6. The minimum atomic E-state index is -1.10. The molecule has 0 saturated heterocycles. The Morgan fingerprint density at radius 2 is 2.00 bits per heavy atom. The lowest BCUT2D eigenvalue weighted by molar-refractivity contribution is -0.154. The van der Waals surface area contributed by atoms with Gasteiger partial charge in [-0.05, 0) is 38.0 Å². The smallest absolute Gasteiger partial charge is 0.326 e. The first-order valence-electron chi connectivity index (χ1n) is 8.82. The van der Waals surface area contributed by atoms with Crippen molar-refractivity contribution in [2.45, 2.75) is 50.7 Å². The first kappa shape index (κ1) is 20.4. The Balaban J connectivity index is 1.81. The Kier molecular flexibility index (Phi) is 6.88. The van der Waals surface area contributed by atoms with Gasteiger partial charge in [0, 0.05) is 5.56 Å². The molecule has 1 saturated carbocycles. The van der Waals surface area contributed by atoms with E-state index < -0.39 is 41.8 Å². The normalized spacial score (nSPS) is 16.5.